The minimum atomic E-state index is -0.349. The average Bonchev–Trinajstić information content (AvgIpc) is 3.50. The van der Waals surface area contributed by atoms with Crippen LogP contribution in [0.1, 0.15) is 12.6 Å². The summed E-state index contributed by atoms with van der Waals surface area (Å²) in [4.78, 5) is 15.8. The molecule has 0 radical (unpaired) electrons. The summed E-state index contributed by atoms with van der Waals surface area (Å²) in [6, 6.07) is 12.4. The van der Waals surface area contributed by atoms with E-state index < -0.39 is 0 Å². The van der Waals surface area contributed by atoms with E-state index >= 15 is 0 Å². The molecule has 0 saturated carbocycles. The van der Waals surface area contributed by atoms with Crippen molar-refractivity contribution in [1.29, 1.82) is 5.26 Å². The van der Waals surface area contributed by atoms with Gasteiger partial charge in [0.2, 0.25) is 5.91 Å². The fourth-order valence-corrected chi connectivity index (χ4v) is 3.30. The van der Waals surface area contributed by atoms with Gasteiger partial charge in [-0.3, -0.25) is 19.6 Å². The van der Waals surface area contributed by atoms with E-state index in [0.717, 1.165) is 28.2 Å². The van der Waals surface area contributed by atoms with Crippen molar-refractivity contribution in [1.82, 2.24) is 30.3 Å². The van der Waals surface area contributed by atoms with E-state index in [1.54, 1.807) is 41.5 Å². The Labute approximate surface area is 196 Å². The van der Waals surface area contributed by atoms with E-state index in [1.165, 1.54) is 13.0 Å². The summed E-state index contributed by atoms with van der Waals surface area (Å²) in [5, 5.41) is 21.4. The maximum absolute atomic E-state index is 14.6. The lowest BCUT2D eigenvalue weighted by molar-refractivity contribution is -0.119. The number of aryl methyl sites for hydroxylation is 1. The van der Waals surface area contributed by atoms with Crippen molar-refractivity contribution in [2.24, 2.45) is 5.73 Å². The minimum absolute atomic E-state index is 0.0591. The lowest BCUT2D eigenvalue weighted by atomic mass is 9.99. The number of nitrogens with one attached hydrogen (secondary N) is 2. The molecule has 9 nitrogen and oxygen atoms in total. The zero-order valence-corrected chi connectivity index (χ0v) is 18.9. The van der Waals surface area contributed by atoms with E-state index in [9.17, 15) is 9.18 Å². The minimum Gasteiger partial charge on any atom is -0.353 e. The molecule has 0 aliphatic carbocycles. The summed E-state index contributed by atoms with van der Waals surface area (Å²) in [7, 11) is 0. The number of pyridine rings is 1. The molecule has 0 unspecified atom stereocenters. The Balaban J connectivity index is 0.00000103. The number of amides is 1. The van der Waals surface area contributed by atoms with E-state index in [4.69, 9.17) is 11.0 Å². The second-order valence-electron chi connectivity index (χ2n) is 7.29. The first kappa shape index (κ1) is 24.3. The summed E-state index contributed by atoms with van der Waals surface area (Å²) in [5.74, 6) is -0.580. The second-order valence-corrected chi connectivity index (χ2v) is 7.29. The molecule has 34 heavy (non-hydrogen) atoms. The molecule has 174 valence electrons. The van der Waals surface area contributed by atoms with Gasteiger partial charge < -0.3 is 11.1 Å². The molecular weight excluding hydrogens is 435 g/mol. The van der Waals surface area contributed by atoms with E-state index in [0.29, 0.717) is 24.2 Å². The molecule has 4 rings (SSSR count). The Morgan fingerprint density at radius 3 is 2.76 bits per heavy atom. The Kier molecular flexibility index (Phi) is 8.21. The fraction of sp³-hybridized carbons (Fsp3) is 0.208. The number of H-pyrrole nitrogens is 1. The maximum Gasteiger partial charge on any atom is 0.233 e. The Bertz CT molecular complexity index is 1300. The molecule has 0 aliphatic heterocycles. The van der Waals surface area contributed by atoms with Gasteiger partial charge in [-0.2, -0.15) is 15.5 Å². The number of hydrogen-bond donors (Lipinski definition) is 3. The van der Waals surface area contributed by atoms with Crippen LogP contribution in [-0.4, -0.2) is 44.0 Å². The van der Waals surface area contributed by atoms with Crippen LogP contribution in [0.5, 0.6) is 0 Å². The van der Waals surface area contributed by atoms with E-state index in [-0.39, 0.29) is 18.3 Å². The van der Waals surface area contributed by atoms with Crippen LogP contribution in [0.2, 0.25) is 0 Å². The third kappa shape index (κ3) is 5.90. The molecule has 4 N–H and O–H groups in total. The average molecular weight is 461 g/mol. The fourth-order valence-electron chi connectivity index (χ4n) is 3.30. The van der Waals surface area contributed by atoms with Gasteiger partial charge in [0.15, 0.2) is 0 Å². The zero-order valence-electron chi connectivity index (χ0n) is 18.9. The predicted molar refractivity (Wildman–Crippen MR) is 127 cm³/mol. The molecule has 0 atom stereocenters. The van der Waals surface area contributed by atoms with Gasteiger partial charge in [-0.15, -0.1) is 0 Å². The summed E-state index contributed by atoms with van der Waals surface area (Å²) >= 11 is 0. The zero-order chi connectivity index (χ0) is 24.5. The van der Waals surface area contributed by atoms with Crippen LogP contribution in [0.25, 0.3) is 33.6 Å². The summed E-state index contributed by atoms with van der Waals surface area (Å²) in [6.07, 6.45) is 5.06. The van der Waals surface area contributed by atoms with Crippen LogP contribution >= 0.6 is 0 Å². The molecule has 1 aromatic carbocycles. The third-order valence-corrected chi connectivity index (χ3v) is 4.85. The van der Waals surface area contributed by atoms with E-state index in [1.807, 2.05) is 25.1 Å². The summed E-state index contributed by atoms with van der Waals surface area (Å²) < 4.78 is 16.3. The largest absolute Gasteiger partial charge is 0.353 e. The monoisotopic (exact) mass is 460 g/mol. The summed E-state index contributed by atoms with van der Waals surface area (Å²) in [5.41, 5.74) is 10.4. The normalized spacial score (nSPS) is 10.2. The van der Waals surface area contributed by atoms with Gasteiger partial charge in [0.05, 0.1) is 42.9 Å². The predicted octanol–water partition coefficient (Wildman–Crippen LogP) is 3.05. The number of carbonyl (C=O) groups is 1. The Morgan fingerprint density at radius 2 is 2.03 bits per heavy atom. The third-order valence-electron chi connectivity index (χ3n) is 4.85. The molecule has 0 aliphatic rings. The second kappa shape index (κ2) is 11.5. The van der Waals surface area contributed by atoms with E-state index in [2.05, 4.69) is 25.6 Å². The standard InChI is InChI=1S/C22H22FN7O.C2H3N/c1-14-3-2-4-20(28-14)22-18(12-26-29-22)15-5-6-19(23)17(9-15)16-11-27-30(13-16)8-7-25-21(31)10-24;1-2-3/h2-6,9,11-13H,7-8,10,24H2,1H3,(H,25,31)(H,26,29);1H3. The Morgan fingerprint density at radius 1 is 1.24 bits per heavy atom. The number of hydrogen-bond acceptors (Lipinski definition) is 6. The molecule has 3 aromatic heterocycles. The molecule has 0 bridgehead atoms. The lowest BCUT2D eigenvalue weighted by Gasteiger charge is -2.07. The van der Waals surface area contributed by atoms with Gasteiger partial charge >= 0.3 is 0 Å². The number of carbonyl (C=O) groups excluding carboxylic acids is 1. The highest BCUT2D eigenvalue weighted by Gasteiger charge is 2.15. The van der Waals surface area contributed by atoms with Crippen molar-refractivity contribution in [2.45, 2.75) is 20.4 Å². The topological polar surface area (TPSA) is 138 Å². The number of halogens is 1. The highest BCUT2D eigenvalue weighted by atomic mass is 19.1. The van der Waals surface area contributed by atoms with Crippen molar-refractivity contribution >= 4 is 5.91 Å². The lowest BCUT2D eigenvalue weighted by Crippen LogP contribution is -2.32. The van der Waals surface area contributed by atoms with Gasteiger partial charge in [0.25, 0.3) is 0 Å². The van der Waals surface area contributed by atoms with Gasteiger partial charge in [-0.05, 0) is 36.8 Å². The highest BCUT2D eigenvalue weighted by molar-refractivity contribution is 5.81. The van der Waals surface area contributed by atoms with Crippen molar-refractivity contribution in [2.75, 3.05) is 13.1 Å². The number of nitrogens with zero attached hydrogens (tertiary/aromatic N) is 5. The Hall–Kier alpha value is -4.36. The van der Waals surface area contributed by atoms with Crippen LogP contribution in [0.4, 0.5) is 4.39 Å². The number of rotatable bonds is 7. The molecule has 0 spiro atoms. The maximum atomic E-state index is 14.6. The smallest absolute Gasteiger partial charge is 0.233 e. The van der Waals surface area contributed by atoms with Gasteiger partial charge in [0, 0.05) is 42.0 Å². The molecule has 10 heteroatoms. The van der Waals surface area contributed by atoms with Crippen molar-refractivity contribution in [3.05, 3.63) is 66.5 Å². The molecule has 0 saturated heterocycles. The first-order valence-electron chi connectivity index (χ1n) is 10.5. The first-order valence-corrected chi connectivity index (χ1v) is 10.5. The molecular formula is C24H25FN8O. The van der Waals surface area contributed by atoms with Crippen molar-refractivity contribution in [3.63, 3.8) is 0 Å². The summed E-state index contributed by atoms with van der Waals surface area (Å²) in [6.45, 7) is 4.14. The van der Waals surface area contributed by atoms with Crippen LogP contribution in [0.3, 0.4) is 0 Å². The van der Waals surface area contributed by atoms with Crippen molar-refractivity contribution in [3.8, 4) is 39.7 Å². The van der Waals surface area contributed by atoms with Crippen LogP contribution in [0, 0.1) is 24.1 Å². The number of nitrogens with two attached hydrogens (primary N) is 1. The quantitative estimate of drug-likeness (QED) is 0.387. The van der Waals surface area contributed by atoms with Gasteiger partial charge in [-0.25, -0.2) is 4.39 Å². The SMILES string of the molecule is CC#N.Cc1cccc(-c2[nH]ncc2-c2ccc(F)c(-c3cnn(CCNC(=O)CN)c3)c2)n1. The van der Waals surface area contributed by atoms with Gasteiger partial charge in [-0.1, -0.05) is 12.1 Å². The number of aromatic amines is 1. The first-order chi connectivity index (χ1) is 16.5. The van der Waals surface area contributed by atoms with Crippen LogP contribution in [-0.2, 0) is 11.3 Å². The van der Waals surface area contributed by atoms with Crippen molar-refractivity contribution < 1.29 is 9.18 Å². The molecule has 3 heterocycles. The highest BCUT2D eigenvalue weighted by Crippen LogP contribution is 2.33. The molecule has 0 fully saturated rings. The van der Waals surface area contributed by atoms with Crippen LogP contribution in [0.15, 0.2) is 55.0 Å². The number of nitriles is 1. The molecule has 4 aromatic rings. The number of benzene rings is 1. The van der Waals surface area contributed by atoms with Gasteiger partial charge in [0.1, 0.15) is 5.82 Å². The number of aromatic nitrogens is 5. The van der Waals surface area contributed by atoms with Crippen LogP contribution < -0.4 is 11.1 Å². The molecule has 1 amide bonds.